The molecule has 0 atom stereocenters. The number of halogens is 1. The van der Waals surface area contributed by atoms with Crippen LogP contribution >= 0.6 is 24.0 Å². The number of rotatable bonds is 5. The molecule has 0 radical (unpaired) electrons. The first-order chi connectivity index (χ1) is 11.3. The molecule has 8 nitrogen and oxygen atoms in total. The number of aliphatic imine (C=N–C) groups is 1. The third kappa shape index (κ3) is 4.22. The summed E-state index contributed by atoms with van der Waals surface area (Å²) in [5.74, 6) is 1.68. The standard InChI is InChI=1S/C15H20N8.HI/c1-16-15(18-11-12-6-9-19-22(12)2)17-8-7-14-21-20-13-5-3-4-10-23(13)14;/h3-6,9-10H,7-8,11H2,1-2H3,(H2,16,17,18);1H. The summed E-state index contributed by atoms with van der Waals surface area (Å²) >= 11 is 0. The number of pyridine rings is 1. The van der Waals surface area contributed by atoms with Crippen LogP contribution in [0, 0.1) is 0 Å². The zero-order valence-electron chi connectivity index (χ0n) is 13.7. The first kappa shape index (κ1) is 18.2. The van der Waals surface area contributed by atoms with Crippen LogP contribution in [0.1, 0.15) is 11.5 Å². The Hall–Kier alpha value is -2.17. The van der Waals surface area contributed by atoms with Gasteiger partial charge < -0.3 is 10.6 Å². The van der Waals surface area contributed by atoms with Crippen molar-refractivity contribution in [2.75, 3.05) is 13.6 Å². The van der Waals surface area contributed by atoms with Crippen LogP contribution in [-0.2, 0) is 20.0 Å². The van der Waals surface area contributed by atoms with Gasteiger partial charge in [-0.25, -0.2) is 0 Å². The van der Waals surface area contributed by atoms with Crippen LogP contribution in [0.4, 0.5) is 0 Å². The van der Waals surface area contributed by atoms with Gasteiger partial charge in [-0.1, -0.05) is 6.07 Å². The maximum absolute atomic E-state index is 4.22. The van der Waals surface area contributed by atoms with E-state index in [1.54, 1.807) is 13.2 Å². The summed E-state index contributed by atoms with van der Waals surface area (Å²) in [6.07, 6.45) is 4.52. The van der Waals surface area contributed by atoms with Crippen molar-refractivity contribution in [1.29, 1.82) is 0 Å². The van der Waals surface area contributed by atoms with E-state index >= 15 is 0 Å². The molecule has 0 saturated heterocycles. The van der Waals surface area contributed by atoms with Gasteiger partial charge in [-0.2, -0.15) is 5.10 Å². The zero-order valence-corrected chi connectivity index (χ0v) is 16.0. The fraction of sp³-hybridized carbons (Fsp3) is 0.333. The summed E-state index contributed by atoms with van der Waals surface area (Å²) in [6.45, 7) is 1.39. The van der Waals surface area contributed by atoms with Gasteiger partial charge in [-0.05, 0) is 18.2 Å². The van der Waals surface area contributed by atoms with Gasteiger partial charge in [-0.3, -0.25) is 14.1 Å². The second kappa shape index (κ2) is 8.62. The van der Waals surface area contributed by atoms with E-state index in [0.29, 0.717) is 6.54 Å². The van der Waals surface area contributed by atoms with E-state index in [-0.39, 0.29) is 24.0 Å². The monoisotopic (exact) mass is 440 g/mol. The molecule has 0 unspecified atom stereocenters. The molecule has 2 N–H and O–H groups in total. The topological polar surface area (TPSA) is 84.4 Å². The molecule has 3 aromatic heterocycles. The van der Waals surface area contributed by atoms with Crippen molar-refractivity contribution < 1.29 is 0 Å². The summed E-state index contributed by atoms with van der Waals surface area (Å²) in [5, 5.41) is 19.1. The Kier molecular flexibility index (Phi) is 6.53. The van der Waals surface area contributed by atoms with E-state index in [4.69, 9.17) is 0 Å². The number of nitrogens with zero attached hydrogens (tertiary/aromatic N) is 6. The van der Waals surface area contributed by atoms with Crippen molar-refractivity contribution in [3.05, 3.63) is 48.2 Å². The lowest BCUT2D eigenvalue weighted by molar-refractivity contribution is 0.682. The third-order valence-electron chi connectivity index (χ3n) is 3.61. The minimum Gasteiger partial charge on any atom is -0.356 e. The summed E-state index contributed by atoms with van der Waals surface area (Å²) < 4.78 is 3.83. The summed E-state index contributed by atoms with van der Waals surface area (Å²) in [4.78, 5) is 4.22. The fourth-order valence-electron chi connectivity index (χ4n) is 2.32. The fourth-order valence-corrected chi connectivity index (χ4v) is 2.32. The molecule has 9 heteroatoms. The molecule has 3 aromatic rings. The average molecular weight is 440 g/mol. The molecule has 0 aliphatic carbocycles. The Labute approximate surface area is 157 Å². The summed E-state index contributed by atoms with van der Waals surface area (Å²) in [6, 6.07) is 7.85. The molecule has 3 heterocycles. The van der Waals surface area contributed by atoms with E-state index in [1.165, 1.54) is 0 Å². The largest absolute Gasteiger partial charge is 0.356 e. The molecule has 3 rings (SSSR count). The van der Waals surface area contributed by atoms with Crippen molar-refractivity contribution in [2.45, 2.75) is 13.0 Å². The van der Waals surface area contributed by atoms with Crippen molar-refractivity contribution in [3.63, 3.8) is 0 Å². The molecule has 0 spiro atoms. The van der Waals surface area contributed by atoms with Crippen LogP contribution in [-0.4, -0.2) is 43.9 Å². The lowest BCUT2D eigenvalue weighted by atomic mass is 10.4. The lowest BCUT2D eigenvalue weighted by Gasteiger charge is -2.11. The van der Waals surface area contributed by atoms with E-state index in [2.05, 4.69) is 30.9 Å². The Morgan fingerprint density at radius 1 is 1.21 bits per heavy atom. The number of fused-ring (bicyclic) bond motifs is 1. The van der Waals surface area contributed by atoms with Crippen LogP contribution in [0.2, 0.25) is 0 Å². The van der Waals surface area contributed by atoms with Crippen LogP contribution in [0.3, 0.4) is 0 Å². The Bertz CT molecular complexity index is 807. The van der Waals surface area contributed by atoms with E-state index in [0.717, 1.165) is 36.1 Å². The first-order valence-electron chi connectivity index (χ1n) is 7.48. The summed E-state index contributed by atoms with van der Waals surface area (Å²) in [7, 11) is 3.68. The number of guanidine groups is 1. The number of aryl methyl sites for hydroxylation is 1. The molecule has 0 bridgehead atoms. The SMILES string of the molecule is CN=C(NCCc1nnc2ccccn12)NCc1ccnn1C.I. The van der Waals surface area contributed by atoms with Gasteiger partial charge >= 0.3 is 0 Å². The van der Waals surface area contributed by atoms with Crippen LogP contribution in [0.15, 0.2) is 41.7 Å². The number of hydrogen-bond acceptors (Lipinski definition) is 4. The van der Waals surface area contributed by atoms with Crippen molar-refractivity contribution in [3.8, 4) is 0 Å². The maximum Gasteiger partial charge on any atom is 0.191 e. The Morgan fingerprint density at radius 2 is 2.08 bits per heavy atom. The Morgan fingerprint density at radius 3 is 2.83 bits per heavy atom. The number of nitrogens with one attached hydrogen (secondary N) is 2. The third-order valence-corrected chi connectivity index (χ3v) is 3.61. The first-order valence-corrected chi connectivity index (χ1v) is 7.48. The average Bonchev–Trinajstić information content (AvgIpc) is 3.17. The molecule has 0 aliphatic heterocycles. The second-order valence-corrected chi connectivity index (χ2v) is 5.09. The van der Waals surface area contributed by atoms with Crippen LogP contribution in [0.5, 0.6) is 0 Å². The van der Waals surface area contributed by atoms with E-state index in [1.807, 2.05) is 46.6 Å². The second-order valence-electron chi connectivity index (χ2n) is 5.09. The predicted molar refractivity (Wildman–Crippen MR) is 104 cm³/mol. The molecule has 0 amide bonds. The van der Waals surface area contributed by atoms with Gasteiger partial charge in [-0.15, -0.1) is 34.2 Å². The summed E-state index contributed by atoms with van der Waals surface area (Å²) in [5.41, 5.74) is 1.96. The quantitative estimate of drug-likeness (QED) is 0.351. The number of hydrogen-bond donors (Lipinski definition) is 2. The van der Waals surface area contributed by atoms with Crippen LogP contribution < -0.4 is 10.6 Å². The van der Waals surface area contributed by atoms with Crippen LogP contribution in [0.25, 0.3) is 5.65 Å². The molecule has 0 aliphatic rings. The van der Waals surface area contributed by atoms with Crippen molar-refractivity contribution in [2.24, 2.45) is 12.0 Å². The minimum absolute atomic E-state index is 0. The van der Waals surface area contributed by atoms with E-state index < -0.39 is 0 Å². The Balaban J connectivity index is 0.00000208. The molecular weight excluding hydrogens is 419 g/mol. The highest BCUT2D eigenvalue weighted by atomic mass is 127. The lowest BCUT2D eigenvalue weighted by Crippen LogP contribution is -2.38. The van der Waals surface area contributed by atoms with Gasteiger partial charge in [0.05, 0.1) is 12.2 Å². The minimum atomic E-state index is 0. The molecule has 24 heavy (non-hydrogen) atoms. The zero-order chi connectivity index (χ0) is 16.1. The number of aromatic nitrogens is 5. The molecule has 0 fully saturated rings. The predicted octanol–water partition coefficient (Wildman–Crippen LogP) is 0.988. The molecule has 0 aromatic carbocycles. The van der Waals surface area contributed by atoms with E-state index in [9.17, 15) is 0 Å². The van der Waals surface area contributed by atoms with Gasteiger partial charge in [0, 0.05) is 39.5 Å². The van der Waals surface area contributed by atoms with Gasteiger partial charge in [0.25, 0.3) is 0 Å². The van der Waals surface area contributed by atoms with Gasteiger partial charge in [0.15, 0.2) is 11.6 Å². The maximum atomic E-state index is 4.22. The molecule has 0 saturated carbocycles. The molecule has 128 valence electrons. The molecular formula is C15H21IN8. The highest BCUT2D eigenvalue weighted by molar-refractivity contribution is 14.0. The van der Waals surface area contributed by atoms with Gasteiger partial charge in [0.2, 0.25) is 0 Å². The highest BCUT2D eigenvalue weighted by Crippen LogP contribution is 2.02. The van der Waals surface area contributed by atoms with Gasteiger partial charge in [0.1, 0.15) is 5.82 Å². The van der Waals surface area contributed by atoms with Crippen molar-refractivity contribution >= 4 is 35.6 Å². The highest BCUT2D eigenvalue weighted by Gasteiger charge is 2.05. The smallest absolute Gasteiger partial charge is 0.191 e. The normalized spacial score (nSPS) is 11.3. The van der Waals surface area contributed by atoms with Crippen molar-refractivity contribution in [1.82, 2.24) is 35.0 Å².